The van der Waals surface area contributed by atoms with Crippen molar-refractivity contribution in [3.8, 4) is 0 Å². The second-order valence-electron chi connectivity index (χ2n) is 4.90. The Hall–Kier alpha value is -1.13. The van der Waals surface area contributed by atoms with Gasteiger partial charge in [0.05, 0.1) is 0 Å². The molecule has 0 saturated carbocycles. The van der Waals surface area contributed by atoms with Gasteiger partial charge >= 0.3 is 0 Å². The molecule has 2 aliphatic rings. The average Bonchev–Trinajstić information content (AvgIpc) is 2.88. The fraction of sp³-hybridized carbons (Fsp3) is 0.462. The molecule has 2 atom stereocenters. The number of carbonyl (C=O) groups excluding carboxylic acids is 1. The van der Waals surface area contributed by atoms with Crippen LogP contribution in [0.1, 0.15) is 10.4 Å². The van der Waals surface area contributed by atoms with Crippen LogP contribution in [-0.2, 0) is 0 Å². The van der Waals surface area contributed by atoms with Crippen LogP contribution >= 0.6 is 12.4 Å². The van der Waals surface area contributed by atoms with E-state index in [1.807, 2.05) is 4.90 Å². The Kier molecular flexibility index (Phi) is 3.88. The van der Waals surface area contributed by atoms with Gasteiger partial charge in [0.2, 0.25) is 0 Å². The number of carbonyl (C=O) groups is 1. The number of nitrogens with zero attached hydrogens (tertiary/aromatic N) is 1. The molecule has 2 fully saturated rings. The SMILES string of the molecule is Cl.O=C(c1cccc(F)c1)N1C[C@H]2CNC[C@H]2C1. The number of hydrogen-bond donors (Lipinski definition) is 1. The van der Waals surface area contributed by atoms with Gasteiger partial charge in [-0.05, 0) is 30.0 Å². The second kappa shape index (κ2) is 5.24. The minimum absolute atomic E-state index is 0. The zero-order valence-corrected chi connectivity index (χ0v) is 10.8. The normalized spacial score (nSPS) is 25.7. The van der Waals surface area contributed by atoms with Crippen molar-refractivity contribution in [3.63, 3.8) is 0 Å². The van der Waals surface area contributed by atoms with E-state index in [1.54, 1.807) is 12.1 Å². The molecule has 5 heteroatoms. The molecule has 0 aliphatic carbocycles. The van der Waals surface area contributed by atoms with E-state index in [2.05, 4.69) is 5.32 Å². The lowest BCUT2D eigenvalue weighted by Crippen LogP contribution is -2.31. The zero-order chi connectivity index (χ0) is 11.8. The third kappa shape index (κ3) is 2.35. The number of rotatable bonds is 1. The van der Waals surface area contributed by atoms with E-state index in [-0.39, 0.29) is 24.1 Å². The summed E-state index contributed by atoms with van der Waals surface area (Å²) in [6.07, 6.45) is 0. The average molecular weight is 271 g/mol. The summed E-state index contributed by atoms with van der Waals surface area (Å²) >= 11 is 0. The van der Waals surface area contributed by atoms with Crippen LogP contribution in [0.15, 0.2) is 24.3 Å². The number of amides is 1. The molecule has 98 valence electrons. The van der Waals surface area contributed by atoms with E-state index in [1.165, 1.54) is 12.1 Å². The largest absolute Gasteiger partial charge is 0.338 e. The zero-order valence-electron chi connectivity index (χ0n) is 9.93. The Balaban J connectivity index is 0.00000120. The lowest BCUT2D eigenvalue weighted by atomic mass is 10.0. The Bertz CT molecular complexity index is 442. The molecule has 0 aromatic heterocycles. The molecule has 0 bridgehead atoms. The van der Waals surface area contributed by atoms with E-state index >= 15 is 0 Å². The monoisotopic (exact) mass is 270 g/mol. The predicted molar refractivity (Wildman–Crippen MR) is 69.4 cm³/mol. The van der Waals surface area contributed by atoms with Crippen LogP contribution in [0.3, 0.4) is 0 Å². The molecule has 3 nitrogen and oxygen atoms in total. The number of halogens is 2. The maximum atomic E-state index is 13.1. The lowest BCUT2D eigenvalue weighted by molar-refractivity contribution is 0.0781. The number of likely N-dealkylation sites (tertiary alicyclic amines) is 1. The molecule has 2 aliphatic heterocycles. The highest BCUT2D eigenvalue weighted by Crippen LogP contribution is 2.27. The van der Waals surface area contributed by atoms with Gasteiger partial charge in [0.25, 0.3) is 5.91 Å². The molecule has 0 radical (unpaired) electrons. The van der Waals surface area contributed by atoms with Gasteiger partial charge in [0.15, 0.2) is 0 Å². The summed E-state index contributed by atoms with van der Waals surface area (Å²) < 4.78 is 13.1. The molecule has 0 spiro atoms. The Morgan fingerprint density at radius 1 is 1.28 bits per heavy atom. The summed E-state index contributed by atoms with van der Waals surface area (Å²) in [5.41, 5.74) is 0.456. The quantitative estimate of drug-likeness (QED) is 0.840. The summed E-state index contributed by atoms with van der Waals surface area (Å²) in [5, 5.41) is 3.33. The summed E-state index contributed by atoms with van der Waals surface area (Å²) in [7, 11) is 0. The van der Waals surface area contributed by atoms with Gasteiger partial charge in [-0.25, -0.2) is 4.39 Å². The lowest BCUT2D eigenvalue weighted by Gasteiger charge is -2.17. The molecule has 1 aromatic rings. The van der Waals surface area contributed by atoms with Crippen molar-refractivity contribution < 1.29 is 9.18 Å². The smallest absolute Gasteiger partial charge is 0.253 e. The molecular formula is C13H16ClFN2O. The molecule has 2 heterocycles. The first kappa shape index (κ1) is 13.3. The van der Waals surface area contributed by atoms with Gasteiger partial charge in [-0.15, -0.1) is 12.4 Å². The maximum absolute atomic E-state index is 13.1. The van der Waals surface area contributed by atoms with E-state index in [4.69, 9.17) is 0 Å². The van der Waals surface area contributed by atoms with E-state index in [0.717, 1.165) is 26.2 Å². The van der Waals surface area contributed by atoms with Gasteiger partial charge < -0.3 is 10.2 Å². The number of benzene rings is 1. The van der Waals surface area contributed by atoms with Crippen molar-refractivity contribution in [2.45, 2.75) is 0 Å². The van der Waals surface area contributed by atoms with Crippen LogP contribution in [-0.4, -0.2) is 37.0 Å². The maximum Gasteiger partial charge on any atom is 0.253 e. The Morgan fingerprint density at radius 3 is 2.56 bits per heavy atom. The molecule has 3 rings (SSSR count). The van der Waals surface area contributed by atoms with E-state index < -0.39 is 0 Å². The molecule has 18 heavy (non-hydrogen) atoms. The van der Waals surface area contributed by atoms with Crippen LogP contribution in [0.5, 0.6) is 0 Å². The van der Waals surface area contributed by atoms with E-state index in [0.29, 0.717) is 17.4 Å². The molecule has 1 N–H and O–H groups in total. The van der Waals surface area contributed by atoms with Crippen LogP contribution < -0.4 is 5.32 Å². The highest BCUT2D eigenvalue weighted by atomic mass is 35.5. The van der Waals surface area contributed by atoms with Crippen molar-refractivity contribution in [2.24, 2.45) is 11.8 Å². The number of fused-ring (bicyclic) bond motifs is 1. The molecule has 1 amide bonds. The van der Waals surface area contributed by atoms with E-state index in [9.17, 15) is 9.18 Å². The van der Waals surface area contributed by atoms with Gasteiger partial charge in [-0.3, -0.25) is 4.79 Å². The van der Waals surface area contributed by atoms with Gasteiger partial charge in [0, 0.05) is 31.7 Å². The summed E-state index contributed by atoms with van der Waals surface area (Å²) in [4.78, 5) is 14.0. The van der Waals surface area contributed by atoms with Crippen molar-refractivity contribution in [1.29, 1.82) is 0 Å². The molecule has 2 saturated heterocycles. The van der Waals surface area contributed by atoms with Crippen LogP contribution in [0.2, 0.25) is 0 Å². The van der Waals surface area contributed by atoms with Gasteiger partial charge in [0.1, 0.15) is 5.82 Å². The predicted octanol–water partition coefficient (Wildman–Crippen LogP) is 1.54. The van der Waals surface area contributed by atoms with Crippen molar-refractivity contribution in [2.75, 3.05) is 26.2 Å². The minimum Gasteiger partial charge on any atom is -0.338 e. The topological polar surface area (TPSA) is 32.3 Å². The fourth-order valence-corrected chi connectivity index (χ4v) is 2.83. The summed E-state index contributed by atoms with van der Waals surface area (Å²) in [6.45, 7) is 3.59. The first-order valence-corrected chi connectivity index (χ1v) is 5.99. The third-order valence-corrected chi connectivity index (χ3v) is 3.75. The first-order valence-electron chi connectivity index (χ1n) is 5.99. The Labute approximate surface area is 112 Å². The van der Waals surface area contributed by atoms with Gasteiger partial charge in [-0.2, -0.15) is 0 Å². The molecule has 0 unspecified atom stereocenters. The molecular weight excluding hydrogens is 255 g/mol. The highest BCUT2D eigenvalue weighted by molar-refractivity contribution is 5.94. The van der Waals surface area contributed by atoms with Crippen LogP contribution in [0.4, 0.5) is 4.39 Å². The van der Waals surface area contributed by atoms with Crippen LogP contribution in [0, 0.1) is 17.7 Å². The van der Waals surface area contributed by atoms with Crippen molar-refractivity contribution >= 4 is 18.3 Å². The Morgan fingerprint density at radius 2 is 1.94 bits per heavy atom. The van der Waals surface area contributed by atoms with Crippen LogP contribution in [0.25, 0.3) is 0 Å². The van der Waals surface area contributed by atoms with Gasteiger partial charge in [-0.1, -0.05) is 6.07 Å². The summed E-state index contributed by atoms with van der Waals surface area (Å²) in [5.74, 6) is 0.760. The number of hydrogen-bond acceptors (Lipinski definition) is 2. The van der Waals surface area contributed by atoms with Crippen molar-refractivity contribution in [3.05, 3.63) is 35.6 Å². The van der Waals surface area contributed by atoms with Crippen molar-refractivity contribution in [1.82, 2.24) is 10.2 Å². The fourth-order valence-electron chi connectivity index (χ4n) is 2.83. The first-order chi connectivity index (χ1) is 8.24. The highest BCUT2D eigenvalue weighted by Gasteiger charge is 2.38. The number of nitrogens with one attached hydrogen (secondary N) is 1. The summed E-state index contributed by atoms with van der Waals surface area (Å²) in [6, 6.07) is 5.94. The standard InChI is InChI=1S/C13H15FN2O.ClH/c14-12-3-1-2-9(4-12)13(17)16-7-10-5-15-6-11(10)8-16;/h1-4,10-11,15H,5-8H2;1H/t10-,11+;. The molecule has 1 aromatic carbocycles. The second-order valence-corrected chi connectivity index (χ2v) is 4.90. The third-order valence-electron chi connectivity index (χ3n) is 3.75. The minimum atomic E-state index is -0.350.